The minimum Gasteiger partial charge on any atom is -0.383 e. The lowest BCUT2D eigenvalue weighted by atomic mass is 10.2. The van der Waals surface area contributed by atoms with E-state index in [-0.39, 0.29) is 0 Å². The maximum atomic E-state index is 5.10. The van der Waals surface area contributed by atoms with Crippen LogP contribution in [0, 0.1) is 13.8 Å². The monoisotopic (exact) mass is 324 g/mol. The molecule has 0 saturated carbocycles. The quantitative estimate of drug-likeness (QED) is 0.689. The molecule has 7 heteroatoms. The summed E-state index contributed by atoms with van der Waals surface area (Å²) in [4.78, 5) is 11.7. The molecule has 0 spiro atoms. The number of rotatable bonds is 9. The largest absolute Gasteiger partial charge is 0.383 e. The molecule has 0 atom stereocenters. The fourth-order valence-electron chi connectivity index (χ4n) is 2.15. The molecule has 2 heterocycles. The molecule has 22 heavy (non-hydrogen) atoms. The molecule has 0 unspecified atom stereocenters. The van der Waals surface area contributed by atoms with Gasteiger partial charge in [-0.25, -0.2) is 9.97 Å². The molecule has 0 fully saturated rings. The van der Waals surface area contributed by atoms with Crippen LogP contribution in [0.4, 0.5) is 5.82 Å². The zero-order valence-electron chi connectivity index (χ0n) is 13.7. The SMILES string of the molecule is COCCNCc1nc(NCCOC)c2c(C)c(C)sc2n1. The minimum absolute atomic E-state index is 0.633. The highest BCUT2D eigenvalue weighted by molar-refractivity contribution is 7.18. The zero-order valence-corrected chi connectivity index (χ0v) is 14.5. The van der Waals surface area contributed by atoms with Crippen LogP contribution in [0.25, 0.3) is 10.2 Å². The van der Waals surface area contributed by atoms with Crippen molar-refractivity contribution in [2.45, 2.75) is 20.4 Å². The van der Waals surface area contributed by atoms with E-state index in [0.29, 0.717) is 19.8 Å². The number of ether oxygens (including phenoxy) is 2. The predicted octanol–water partition coefficient (Wildman–Crippen LogP) is 2.10. The van der Waals surface area contributed by atoms with Gasteiger partial charge in [-0.2, -0.15) is 0 Å². The van der Waals surface area contributed by atoms with E-state index in [1.807, 2.05) is 0 Å². The molecule has 0 radical (unpaired) electrons. The third-order valence-electron chi connectivity index (χ3n) is 3.44. The number of nitrogens with one attached hydrogen (secondary N) is 2. The molecule has 122 valence electrons. The lowest BCUT2D eigenvalue weighted by molar-refractivity contribution is 0.199. The van der Waals surface area contributed by atoms with E-state index in [1.54, 1.807) is 25.6 Å². The molecule has 0 saturated heterocycles. The van der Waals surface area contributed by atoms with E-state index < -0.39 is 0 Å². The lowest BCUT2D eigenvalue weighted by Crippen LogP contribution is -2.20. The Hall–Kier alpha value is -1.28. The number of aromatic nitrogens is 2. The van der Waals surface area contributed by atoms with E-state index in [9.17, 15) is 0 Å². The Labute approximate surface area is 135 Å². The first-order valence-corrected chi connectivity index (χ1v) is 8.18. The van der Waals surface area contributed by atoms with Gasteiger partial charge in [0.2, 0.25) is 0 Å². The Morgan fingerprint density at radius 1 is 1.05 bits per heavy atom. The molecule has 0 aromatic carbocycles. The van der Waals surface area contributed by atoms with Crippen molar-refractivity contribution in [2.75, 3.05) is 45.8 Å². The van der Waals surface area contributed by atoms with Crippen molar-refractivity contribution in [1.29, 1.82) is 0 Å². The molecule has 0 amide bonds. The van der Waals surface area contributed by atoms with E-state index in [4.69, 9.17) is 9.47 Å². The van der Waals surface area contributed by atoms with E-state index in [1.165, 1.54) is 10.4 Å². The summed E-state index contributed by atoms with van der Waals surface area (Å²) in [5.41, 5.74) is 1.25. The van der Waals surface area contributed by atoms with Gasteiger partial charge in [-0.3, -0.25) is 0 Å². The van der Waals surface area contributed by atoms with E-state index in [0.717, 1.165) is 34.9 Å². The zero-order chi connectivity index (χ0) is 15.9. The molecule has 2 N–H and O–H groups in total. The maximum Gasteiger partial charge on any atom is 0.146 e. The third kappa shape index (κ3) is 4.13. The van der Waals surface area contributed by atoms with Crippen LogP contribution in [0.15, 0.2) is 0 Å². The van der Waals surface area contributed by atoms with E-state index >= 15 is 0 Å². The predicted molar refractivity (Wildman–Crippen MR) is 90.8 cm³/mol. The minimum atomic E-state index is 0.633. The second-order valence-corrected chi connectivity index (χ2v) is 6.24. The number of fused-ring (bicyclic) bond motifs is 1. The van der Waals surface area contributed by atoms with E-state index in [2.05, 4.69) is 34.4 Å². The normalized spacial score (nSPS) is 11.3. The van der Waals surface area contributed by atoms with Gasteiger partial charge in [-0.1, -0.05) is 0 Å². The fourth-order valence-corrected chi connectivity index (χ4v) is 3.19. The Kier molecular flexibility index (Phi) is 6.50. The molecule has 2 rings (SSSR count). The van der Waals surface area contributed by atoms with Crippen molar-refractivity contribution >= 4 is 27.4 Å². The van der Waals surface area contributed by atoms with Crippen molar-refractivity contribution < 1.29 is 9.47 Å². The van der Waals surface area contributed by atoms with Crippen LogP contribution in [0.3, 0.4) is 0 Å². The van der Waals surface area contributed by atoms with Gasteiger partial charge < -0.3 is 20.1 Å². The van der Waals surface area contributed by atoms with Gasteiger partial charge in [-0.05, 0) is 19.4 Å². The molecule has 0 bridgehead atoms. The lowest BCUT2D eigenvalue weighted by Gasteiger charge is -2.10. The van der Waals surface area contributed by atoms with Crippen LogP contribution < -0.4 is 10.6 Å². The Balaban J connectivity index is 2.22. The average Bonchev–Trinajstić information content (AvgIpc) is 2.79. The number of nitrogens with zero attached hydrogens (tertiary/aromatic N) is 2. The number of anilines is 1. The van der Waals surface area contributed by atoms with Gasteiger partial charge in [-0.15, -0.1) is 11.3 Å². The van der Waals surface area contributed by atoms with Crippen LogP contribution >= 0.6 is 11.3 Å². The summed E-state index contributed by atoms with van der Waals surface area (Å²) in [5.74, 6) is 1.69. The van der Waals surface area contributed by atoms with Crippen LogP contribution in [0.2, 0.25) is 0 Å². The Morgan fingerprint density at radius 2 is 1.77 bits per heavy atom. The van der Waals surface area contributed by atoms with Gasteiger partial charge in [0.05, 0.1) is 25.1 Å². The van der Waals surface area contributed by atoms with Crippen LogP contribution in [0.5, 0.6) is 0 Å². The second-order valence-electron chi connectivity index (χ2n) is 5.04. The summed E-state index contributed by atoms with van der Waals surface area (Å²) in [6, 6.07) is 0. The maximum absolute atomic E-state index is 5.10. The highest BCUT2D eigenvalue weighted by Crippen LogP contribution is 2.33. The highest BCUT2D eigenvalue weighted by Gasteiger charge is 2.14. The number of hydrogen-bond donors (Lipinski definition) is 2. The number of thiophene rings is 1. The first-order chi connectivity index (χ1) is 10.7. The standard InChI is InChI=1S/C15H24N4O2S/c1-10-11(2)22-15-13(10)14(17-6-8-21-4)18-12(19-15)9-16-5-7-20-3/h16H,5-9H2,1-4H3,(H,17,18,19). The van der Waals surface area contributed by atoms with Crippen molar-refractivity contribution in [1.82, 2.24) is 15.3 Å². The molecule has 6 nitrogen and oxygen atoms in total. The molecule has 2 aromatic rings. The van der Waals surface area contributed by atoms with Crippen molar-refractivity contribution in [2.24, 2.45) is 0 Å². The van der Waals surface area contributed by atoms with Gasteiger partial charge in [0.1, 0.15) is 16.5 Å². The molecular weight excluding hydrogens is 300 g/mol. The summed E-state index contributed by atoms with van der Waals surface area (Å²) in [6.07, 6.45) is 0. The van der Waals surface area contributed by atoms with Crippen molar-refractivity contribution in [3.63, 3.8) is 0 Å². The molecule has 0 aliphatic carbocycles. The highest BCUT2D eigenvalue weighted by atomic mass is 32.1. The van der Waals surface area contributed by atoms with Crippen LogP contribution in [0.1, 0.15) is 16.3 Å². The molecular formula is C15H24N4O2S. The van der Waals surface area contributed by atoms with Crippen molar-refractivity contribution in [3.8, 4) is 0 Å². The topological polar surface area (TPSA) is 68.3 Å². The van der Waals surface area contributed by atoms with Gasteiger partial charge >= 0.3 is 0 Å². The van der Waals surface area contributed by atoms with Gasteiger partial charge in [0.15, 0.2) is 0 Å². The Bertz CT molecular complexity index is 615. The summed E-state index contributed by atoms with van der Waals surface area (Å²) >= 11 is 1.72. The number of aryl methyl sites for hydroxylation is 2. The van der Waals surface area contributed by atoms with Crippen LogP contribution in [-0.4, -0.2) is 50.5 Å². The van der Waals surface area contributed by atoms with Crippen molar-refractivity contribution in [3.05, 3.63) is 16.3 Å². The first-order valence-electron chi connectivity index (χ1n) is 7.36. The first kappa shape index (κ1) is 17.1. The number of methoxy groups -OCH3 is 2. The smallest absolute Gasteiger partial charge is 0.146 e. The molecule has 0 aliphatic heterocycles. The molecule has 0 aliphatic rings. The van der Waals surface area contributed by atoms with Gasteiger partial charge in [0.25, 0.3) is 0 Å². The summed E-state index contributed by atoms with van der Waals surface area (Å²) in [5, 5.41) is 7.77. The average molecular weight is 324 g/mol. The number of hydrogen-bond acceptors (Lipinski definition) is 7. The second kappa shape index (κ2) is 8.38. The molecule has 2 aromatic heterocycles. The van der Waals surface area contributed by atoms with Gasteiger partial charge in [0, 0.05) is 32.2 Å². The summed E-state index contributed by atoms with van der Waals surface area (Å²) in [7, 11) is 3.39. The summed E-state index contributed by atoms with van der Waals surface area (Å²) < 4.78 is 10.1. The Morgan fingerprint density at radius 3 is 2.50 bits per heavy atom. The third-order valence-corrected chi connectivity index (χ3v) is 4.54. The fraction of sp³-hybridized carbons (Fsp3) is 0.600. The summed E-state index contributed by atoms with van der Waals surface area (Å²) in [6.45, 7) is 7.72. The van der Waals surface area contributed by atoms with Crippen LogP contribution in [-0.2, 0) is 16.0 Å².